The molecule has 1 N–H and O–H groups in total. The maximum atomic E-state index is 10.6. The fourth-order valence-corrected chi connectivity index (χ4v) is 1.01. The van der Waals surface area contributed by atoms with Crippen LogP contribution in [0.4, 0.5) is 0 Å². The molecule has 1 aliphatic rings. The molecule has 0 unspecified atom stereocenters. The molecule has 0 amide bonds. The van der Waals surface area contributed by atoms with E-state index in [-0.39, 0.29) is 18.0 Å². The van der Waals surface area contributed by atoms with E-state index in [1.165, 1.54) is 0 Å². The topological polar surface area (TPSA) is 38.3 Å². The third kappa shape index (κ3) is 2.15. The predicted octanol–water partition coefficient (Wildman–Crippen LogP) is 0.130. The van der Waals surface area contributed by atoms with Gasteiger partial charge in [0.2, 0.25) is 0 Å². The van der Waals surface area contributed by atoms with Crippen LogP contribution in [0.3, 0.4) is 0 Å². The van der Waals surface area contributed by atoms with E-state index in [0.717, 1.165) is 19.5 Å². The Hall–Kier alpha value is -0.280. The Kier molecular flexibility index (Phi) is 2.96. The molecule has 0 aromatic heterocycles. The van der Waals surface area contributed by atoms with Crippen LogP contribution in [0.15, 0.2) is 0 Å². The van der Waals surface area contributed by atoms with Crippen LogP contribution in [0.5, 0.6) is 0 Å². The molecule has 0 aromatic rings. The Morgan fingerprint density at radius 3 is 3.10 bits per heavy atom. The van der Waals surface area contributed by atoms with E-state index in [2.05, 4.69) is 5.32 Å². The van der Waals surface area contributed by atoms with Crippen LogP contribution in [0.1, 0.15) is 6.42 Å². The highest BCUT2D eigenvalue weighted by atomic mass is 35.5. The van der Waals surface area contributed by atoms with E-state index in [0.29, 0.717) is 0 Å². The van der Waals surface area contributed by atoms with Gasteiger partial charge in [-0.25, -0.2) is 0 Å². The quantitative estimate of drug-likeness (QED) is 0.465. The summed E-state index contributed by atoms with van der Waals surface area (Å²) in [6, 6.07) is 0. The molecule has 0 aromatic carbocycles. The summed E-state index contributed by atoms with van der Waals surface area (Å²) >= 11 is 5.24. The molecule has 3 nitrogen and oxygen atoms in total. The van der Waals surface area contributed by atoms with Gasteiger partial charge in [-0.2, -0.15) is 0 Å². The van der Waals surface area contributed by atoms with Crippen molar-refractivity contribution in [1.82, 2.24) is 5.32 Å². The third-order valence-electron chi connectivity index (χ3n) is 1.42. The minimum atomic E-state index is -0.324. The van der Waals surface area contributed by atoms with Gasteiger partial charge in [0.15, 0.2) is 0 Å². The maximum absolute atomic E-state index is 10.6. The van der Waals surface area contributed by atoms with Gasteiger partial charge in [-0.3, -0.25) is 4.79 Å². The summed E-state index contributed by atoms with van der Waals surface area (Å²) in [5, 5.41) is 3.08. The summed E-state index contributed by atoms with van der Waals surface area (Å²) < 4.78 is 4.93. The van der Waals surface area contributed by atoms with Crippen molar-refractivity contribution in [1.29, 1.82) is 0 Å². The van der Waals surface area contributed by atoms with Gasteiger partial charge in [-0.1, -0.05) is 0 Å². The molecule has 0 radical (unpaired) electrons. The first-order chi connectivity index (χ1) is 4.83. The zero-order valence-corrected chi connectivity index (χ0v) is 6.36. The average Bonchev–Trinajstić information content (AvgIpc) is 2.40. The lowest BCUT2D eigenvalue weighted by molar-refractivity contribution is -0.144. The molecule has 4 heteroatoms. The van der Waals surface area contributed by atoms with E-state index in [1.807, 2.05) is 0 Å². The van der Waals surface area contributed by atoms with E-state index in [9.17, 15) is 4.79 Å². The molecular formula is C6H10ClNO2. The van der Waals surface area contributed by atoms with Crippen molar-refractivity contribution in [3.05, 3.63) is 0 Å². The van der Waals surface area contributed by atoms with Crippen LogP contribution in [0.25, 0.3) is 0 Å². The molecule has 0 spiro atoms. The Morgan fingerprint density at radius 2 is 2.60 bits per heavy atom. The molecule has 58 valence electrons. The highest BCUT2D eigenvalue weighted by Crippen LogP contribution is 2.03. The Morgan fingerprint density at radius 1 is 1.80 bits per heavy atom. The SMILES string of the molecule is O=C(CCl)O[C@@H]1CCNC1. The van der Waals surface area contributed by atoms with Crippen LogP contribution >= 0.6 is 11.6 Å². The highest BCUT2D eigenvalue weighted by Gasteiger charge is 2.17. The Bertz CT molecular complexity index is 123. The number of hydrogen-bond acceptors (Lipinski definition) is 3. The summed E-state index contributed by atoms with van der Waals surface area (Å²) in [4.78, 5) is 10.6. The second-order valence-electron chi connectivity index (χ2n) is 2.24. The van der Waals surface area contributed by atoms with Crippen molar-refractivity contribution in [3.63, 3.8) is 0 Å². The minimum Gasteiger partial charge on any atom is -0.460 e. The highest BCUT2D eigenvalue weighted by molar-refractivity contribution is 6.26. The van der Waals surface area contributed by atoms with Crippen molar-refractivity contribution in [3.8, 4) is 0 Å². The smallest absolute Gasteiger partial charge is 0.321 e. The molecular weight excluding hydrogens is 154 g/mol. The van der Waals surface area contributed by atoms with E-state index < -0.39 is 0 Å². The first kappa shape index (κ1) is 7.82. The van der Waals surface area contributed by atoms with Gasteiger partial charge in [-0.05, 0) is 13.0 Å². The zero-order chi connectivity index (χ0) is 7.40. The summed E-state index contributed by atoms with van der Waals surface area (Å²) in [5.74, 6) is -0.369. The molecule has 10 heavy (non-hydrogen) atoms. The van der Waals surface area contributed by atoms with Crippen molar-refractivity contribution >= 4 is 17.6 Å². The summed E-state index contributed by atoms with van der Waals surface area (Å²) in [5.41, 5.74) is 0. The predicted molar refractivity (Wildman–Crippen MR) is 38.1 cm³/mol. The summed E-state index contributed by atoms with van der Waals surface area (Å²) in [7, 11) is 0. The van der Waals surface area contributed by atoms with Crippen molar-refractivity contribution in [2.75, 3.05) is 19.0 Å². The summed E-state index contributed by atoms with van der Waals surface area (Å²) in [6.45, 7) is 1.70. The van der Waals surface area contributed by atoms with Crippen LogP contribution in [-0.4, -0.2) is 31.0 Å². The van der Waals surface area contributed by atoms with Crippen LogP contribution in [0, 0.1) is 0 Å². The van der Waals surface area contributed by atoms with Gasteiger partial charge in [0, 0.05) is 6.54 Å². The van der Waals surface area contributed by atoms with Gasteiger partial charge < -0.3 is 10.1 Å². The number of rotatable bonds is 2. The Labute approximate surface area is 64.7 Å². The monoisotopic (exact) mass is 163 g/mol. The number of alkyl halides is 1. The molecule has 1 aliphatic heterocycles. The van der Waals surface area contributed by atoms with E-state index in [1.54, 1.807) is 0 Å². The number of nitrogens with one attached hydrogen (secondary N) is 1. The molecule has 1 atom stereocenters. The summed E-state index contributed by atoms with van der Waals surface area (Å²) in [6.07, 6.45) is 0.953. The molecule has 1 saturated heterocycles. The number of esters is 1. The first-order valence-electron chi connectivity index (χ1n) is 3.29. The lowest BCUT2D eigenvalue weighted by Gasteiger charge is -2.07. The standard InChI is InChI=1S/C6H10ClNO2/c7-3-6(9)10-5-1-2-8-4-5/h5,8H,1-4H2/t5-/m1/s1. The number of ether oxygens (including phenoxy) is 1. The third-order valence-corrected chi connectivity index (χ3v) is 1.64. The van der Waals surface area contributed by atoms with Crippen molar-refractivity contribution < 1.29 is 9.53 Å². The lowest BCUT2D eigenvalue weighted by Crippen LogP contribution is -2.21. The number of halogens is 1. The largest absolute Gasteiger partial charge is 0.460 e. The van der Waals surface area contributed by atoms with Crippen molar-refractivity contribution in [2.24, 2.45) is 0 Å². The molecule has 0 saturated carbocycles. The maximum Gasteiger partial charge on any atom is 0.321 e. The van der Waals surface area contributed by atoms with Gasteiger partial charge in [-0.15, -0.1) is 11.6 Å². The average molecular weight is 164 g/mol. The fraction of sp³-hybridized carbons (Fsp3) is 0.833. The van der Waals surface area contributed by atoms with E-state index >= 15 is 0 Å². The van der Waals surface area contributed by atoms with Crippen LogP contribution in [-0.2, 0) is 9.53 Å². The molecule has 1 rings (SSSR count). The normalized spacial score (nSPS) is 24.7. The van der Waals surface area contributed by atoms with Gasteiger partial charge in [0.25, 0.3) is 0 Å². The van der Waals surface area contributed by atoms with Gasteiger partial charge in [0.1, 0.15) is 12.0 Å². The first-order valence-corrected chi connectivity index (χ1v) is 3.82. The zero-order valence-electron chi connectivity index (χ0n) is 5.60. The second kappa shape index (κ2) is 3.78. The number of hydrogen-bond donors (Lipinski definition) is 1. The molecule has 0 bridgehead atoms. The fourth-order valence-electron chi connectivity index (χ4n) is 0.946. The van der Waals surface area contributed by atoms with Gasteiger partial charge >= 0.3 is 5.97 Å². The van der Waals surface area contributed by atoms with Crippen LogP contribution in [0.2, 0.25) is 0 Å². The van der Waals surface area contributed by atoms with Crippen molar-refractivity contribution in [2.45, 2.75) is 12.5 Å². The lowest BCUT2D eigenvalue weighted by atomic mass is 10.3. The molecule has 0 aliphatic carbocycles. The molecule has 1 fully saturated rings. The Balaban J connectivity index is 2.17. The molecule has 1 heterocycles. The van der Waals surface area contributed by atoms with Gasteiger partial charge in [0.05, 0.1) is 0 Å². The van der Waals surface area contributed by atoms with Crippen LogP contribution < -0.4 is 5.32 Å². The second-order valence-corrected chi connectivity index (χ2v) is 2.51. The minimum absolute atomic E-state index is 0.0451. The van der Waals surface area contributed by atoms with E-state index in [4.69, 9.17) is 16.3 Å². The number of carbonyl (C=O) groups excluding carboxylic acids is 1. The number of carbonyl (C=O) groups is 1.